The molecule has 0 N–H and O–H groups in total. The Morgan fingerprint density at radius 2 is 1.93 bits per heavy atom. The number of nitrogens with zero attached hydrogens (tertiary/aromatic N) is 1. The first-order chi connectivity index (χ1) is 7.01. The SMILES string of the molecule is CCSC1=NC(C)(C)C(SC)(SCC)S1. The van der Waals surface area contributed by atoms with Gasteiger partial charge in [-0.2, -0.15) is 0 Å². The number of thioether (sulfide) groups is 4. The summed E-state index contributed by atoms with van der Waals surface area (Å²) >= 11 is 7.78. The summed E-state index contributed by atoms with van der Waals surface area (Å²) in [7, 11) is 0. The van der Waals surface area contributed by atoms with Gasteiger partial charge in [0.2, 0.25) is 0 Å². The molecule has 0 amide bonds. The maximum atomic E-state index is 4.85. The van der Waals surface area contributed by atoms with Crippen LogP contribution in [0.5, 0.6) is 0 Å². The quantitative estimate of drug-likeness (QED) is 0.708. The largest absolute Gasteiger partial charge is 0.262 e. The van der Waals surface area contributed by atoms with E-state index in [9.17, 15) is 0 Å². The average Bonchev–Trinajstić information content (AvgIpc) is 2.39. The van der Waals surface area contributed by atoms with E-state index < -0.39 is 0 Å². The van der Waals surface area contributed by atoms with Crippen LogP contribution >= 0.6 is 47.0 Å². The molecule has 0 aromatic carbocycles. The molecule has 0 fully saturated rings. The second-order valence-electron chi connectivity index (χ2n) is 3.67. The predicted octanol–water partition coefficient (Wildman–Crippen LogP) is 4.39. The fourth-order valence-electron chi connectivity index (χ4n) is 1.49. The molecule has 1 atom stereocenters. The Bertz CT molecular complexity index is 252. The van der Waals surface area contributed by atoms with Crippen molar-refractivity contribution in [2.24, 2.45) is 4.99 Å². The molecule has 0 aromatic heterocycles. The first kappa shape index (κ1) is 14.1. The van der Waals surface area contributed by atoms with E-state index in [1.54, 1.807) is 0 Å². The molecule has 1 nitrogen and oxygen atoms in total. The molecule has 0 aromatic rings. The molecule has 0 saturated heterocycles. The fourth-order valence-corrected chi connectivity index (χ4v) is 7.66. The molecular weight excluding hydrogens is 262 g/mol. The Kier molecular flexibility index (Phi) is 5.28. The smallest absolute Gasteiger partial charge is 0.138 e. The minimum Gasteiger partial charge on any atom is -0.262 e. The molecule has 5 heteroatoms. The van der Waals surface area contributed by atoms with Crippen LogP contribution in [-0.2, 0) is 0 Å². The van der Waals surface area contributed by atoms with Gasteiger partial charge in [0, 0.05) is 0 Å². The molecule has 1 aliphatic heterocycles. The third-order valence-corrected chi connectivity index (χ3v) is 8.89. The molecule has 0 spiro atoms. The van der Waals surface area contributed by atoms with Gasteiger partial charge in [0.1, 0.15) is 7.79 Å². The standard InChI is InChI=1S/C10H19NS4/c1-6-13-8-11-9(3,4)10(12-5,15-8)14-7-2/h6-7H2,1-5H3. The van der Waals surface area contributed by atoms with Crippen molar-refractivity contribution in [3.63, 3.8) is 0 Å². The van der Waals surface area contributed by atoms with Gasteiger partial charge in [0.25, 0.3) is 0 Å². The summed E-state index contributed by atoms with van der Waals surface area (Å²) < 4.78 is 1.44. The monoisotopic (exact) mass is 281 g/mol. The van der Waals surface area contributed by atoms with Gasteiger partial charge >= 0.3 is 0 Å². The van der Waals surface area contributed by atoms with Gasteiger partial charge < -0.3 is 0 Å². The summed E-state index contributed by atoms with van der Waals surface area (Å²) in [6.07, 6.45) is 2.20. The Hall–Kier alpha value is 1.07. The second kappa shape index (κ2) is 5.61. The number of rotatable bonds is 4. The van der Waals surface area contributed by atoms with E-state index in [1.807, 2.05) is 47.0 Å². The van der Waals surface area contributed by atoms with Gasteiger partial charge in [-0.3, -0.25) is 4.99 Å². The molecular formula is C10H19NS4. The molecule has 0 radical (unpaired) electrons. The van der Waals surface area contributed by atoms with Crippen molar-refractivity contribution >= 4 is 51.4 Å². The van der Waals surface area contributed by atoms with Gasteiger partial charge in [-0.15, -0.1) is 35.3 Å². The van der Waals surface area contributed by atoms with Crippen LogP contribution in [0.4, 0.5) is 0 Å². The van der Waals surface area contributed by atoms with E-state index in [0.29, 0.717) is 0 Å². The fraction of sp³-hybridized carbons (Fsp3) is 0.900. The van der Waals surface area contributed by atoms with E-state index in [4.69, 9.17) is 4.99 Å². The highest BCUT2D eigenvalue weighted by Crippen LogP contribution is 2.60. The number of hydrogen-bond acceptors (Lipinski definition) is 5. The molecule has 1 heterocycles. The molecule has 1 rings (SSSR count). The van der Waals surface area contributed by atoms with Crippen molar-refractivity contribution in [2.75, 3.05) is 17.8 Å². The minimum absolute atomic E-state index is 0.0370. The van der Waals surface area contributed by atoms with Crippen molar-refractivity contribution in [1.82, 2.24) is 0 Å². The normalized spacial score (nSPS) is 29.3. The Morgan fingerprint density at radius 1 is 1.27 bits per heavy atom. The third kappa shape index (κ3) is 2.85. The molecule has 0 saturated carbocycles. The highest BCUT2D eigenvalue weighted by atomic mass is 32.3. The lowest BCUT2D eigenvalue weighted by molar-refractivity contribution is 0.563. The van der Waals surface area contributed by atoms with Crippen LogP contribution in [0, 0.1) is 0 Å². The van der Waals surface area contributed by atoms with Gasteiger partial charge in [-0.05, 0) is 31.6 Å². The molecule has 15 heavy (non-hydrogen) atoms. The summed E-state index contributed by atoms with van der Waals surface area (Å²) in [5.41, 5.74) is 0.0370. The zero-order chi connectivity index (χ0) is 11.5. The number of hydrogen-bond donors (Lipinski definition) is 0. The van der Waals surface area contributed by atoms with Crippen molar-refractivity contribution in [3.05, 3.63) is 0 Å². The van der Waals surface area contributed by atoms with Gasteiger partial charge in [-0.1, -0.05) is 25.6 Å². The zero-order valence-corrected chi connectivity index (χ0v) is 13.3. The summed E-state index contributed by atoms with van der Waals surface area (Å²) in [6, 6.07) is 0. The summed E-state index contributed by atoms with van der Waals surface area (Å²) in [4.78, 5) is 4.85. The van der Waals surface area contributed by atoms with E-state index in [1.165, 1.54) is 4.38 Å². The summed E-state index contributed by atoms with van der Waals surface area (Å²) in [6.45, 7) is 8.92. The van der Waals surface area contributed by atoms with Crippen LogP contribution in [0.3, 0.4) is 0 Å². The predicted molar refractivity (Wildman–Crippen MR) is 81.6 cm³/mol. The minimum atomic E-state index is 0.0370. The van der Waals surface area contributed by atoms with E-state index in [2.05, 4.69) is 34.0 Å². The van der Waals surface area contributed by atoms with Crippen molar-refractivity contribution in [1.29, 1.82) is 0 Å². The van der Waals surface area contributed by atoms with Crippen LogP contribution in [-0.4, -0.2) is 31.1 Å². The van der Waals surface area contributed by atoms with E-state index >= 15 is 0 Å². The number of aliphatic imine (C=N–C) groups is 1. The van der Waals surface area contributed by atoms with E-state index in [0.717, 1.165) is 11.5 Å². The lowest BCUT2D eigenvalue weighted by atomic mass is 10.1. The lowest BCUT2D eigenvalue weighted by Gasteiger charge is -2.36. The molecule has 0 bridgehead atoms. The average molecular weight is 282 g/mol. The second-order valence-corrected chi connectivity index (χ2v) is 9.65. The first-order valence-corrected chi connectivity index (χ1v) is 9.13. The van der Waals surface area contributed by atoms with Crippen LogP contribution in [0.15, 0.2) is 4.99 Å². The van der Waals surface area contributed by atoms with Gasteiger partial charge in [0.15, 0.2) is 0 Å². The third-order valence-electron chi connectivity index (χ3n) is 2.21. The highest BCUT2D eigenvalue weighted by molar-refractivity contribution is 8.48. The Morgan fingerprint density at radius 3 is 2.40 bits per heavy atom. The van der Waals surface area contributed by atoms with E-state index in [-0.39, 0.29) is 8.95 Å². The van der Waals surface area contributed by atoms with Crippen LogP contribution < -0.4 is 0 Å². The molecule has 0 aliphatic carbocycles. The highest BCUT2D eigenvalue weighted by Gasteiger charge is 2.51. The van der Waals surface area contributed by atoms with Crippen LogP contribution in [0.1, 0.15) is 27.7 Å². The Balaban J connectivity index is 2.85. The van der Waals surface area contributed by atoms with Crippen LogP contribution in [0.25, 0.3) is 0 Å². The molecule has 1 aliphatic rings. The van der Waals surface area contributed by atoms with Crippen LogP contribution in [0.2, 0.25) is 0 Å². The van der Waals surface area contributed by atoms with Crippen molar-refractivity contribution in [2.45, 2.75) is 36.6 Å². The Labute approximate surface area is 110 Å². The lowest BCUT2D eigenvalue weighted by Crippen LogP contribution is -2.37. The molecule has 1 unspecified atom stereocenters. The van der Waals surface area contributed by atoms with Gasteiger partial charge in [0.05, 0.1) is 5.54 Å². The topological polar surface area (TPSA) is 12.4 Å². The van der Waals surface area contributed by atoms with Crippen molar-refractivity contribution in [3.8, 4) is 0 Å². The molecule has 88 valence electrons. The maximum absolute atomic E-state index is 4.85. The summed E-state index contributed by atoms with van der Waals surface area (Å²) in [5, 5.41) is 0. The van der Waals surface area contributed by atoms with Crippen molar-refractivity contribution < 1.29 is 0 Å². The first-order valence-electron chi connectivity index (χ1n) is 5.12. The zero-order valence-electron chi connectivity index (χ0n) is 9.99. The van der Waals surface area contributed by atoms with Gasteiger partial charge in [-0.25, -0.2) is 0 Å². The maximum Gasteiger partial charge on any atom is 0.138 e. The summed E-state index contributed by atoms with van der Waals surface area (Å²) in [5.74, 6) is 2.26.